The average Bonchev–Trinajstić information content (AvgIpc) is 2.41. The van der Waals surface area contributed by atoms with Crippen LogP contribution in [0.2, 0.25) is 0 Å². The Morgan fingerprint density at radius 2 is 2.05 bits per heavy atom. The summed E-state index contributed by atoms with van der Waals surface area (Å²) in [6, 6.07) is 12.3. The van der Waals surface area contributed by atoms with E-state index in [1.807, 2.05) is 31.2 Å². The fourth-order valence-electron chi connectivity index (χ4n) is 1.67. The molecule has 0 aliphatic carbocycles. The summed E-state index contributed by atoms with van der Waals surface area (Å²) < 4.78 is 14.7. The zero-order chi connectivity index (χ0) is 13.8. The molecule has 2 aromatic carbocycles. The van der Waals surface area contributed by atoms with E-state index in [1.54, 1.807) is 12.1 Å². The maximum absolute atomic E-state index is 13.7. The predicted molar refractivity (Wildman–Crippen MR) is 77.3 cm³/mol. The molecule has 96 valence electrons. The van der Waals surface area contributed by atoms with Gasteiger partial charge < -0.3 is 5.32 Å². The van der Waals surface area contributed by atoms with Crippen LogP contribution in [0.5, 0.6) is 0 Å². The van der Waals surface area contributed by atoms with Gasteiger partial charge in [-0.3, -0.25) is 0 Å². The molecule has 1 N–H and O–H groups in total. The van der Waals surface area contributed by atoms with E-state index >= 15 is 0 Å². The molecule has 0 heterocycles. The first-order valence-electron chi connectivity index (χ1n) is 5.78. The second-order valence-electron chi connectivity index (χ2n) is 4.24. The lowest BCUT2D eigenvalue weighted by Crippen LogP contribution is -2.01. The maximum Gasteiger partial charge on any atom is 0.147 e. The number of nitriles is 1. The number of hydrogen-bond donors (Lipinski definition) is 1. The topological polar surface area (TPSA) is 35.8 Å². The van der Waals surface area contributed by atoms with E-state index in [0.717, 1.165) is 15.6 Å². The molecule has 0 aliphatic rings. The summed E-state index contributed by atoms with van der Waals surface area (Å²) in [4.78, 5) is 0. The lowest BCUT2D eigenvalue weighted by atomic mass is 10.1. The number of hydrogen-bond acceptors (Lipinski definition) is 2. The van der Waals surface area contributed by atoms with Gasteiger partial charge in [-0.25, -0.2) is 4.39 Å². The van der Waals surface area contributed by atoms with Crippen LogP contribution in [0.25, 0.3) is 0 Å². The second kappa shape index (κ2) is 5.85. The highest BCUT2D eigenvalue weighted by Gasteiger charge is 2.04. The van der Waals surface area contributed by atoms with Gasteiger partial charge in [0.1, 0.15) is 5.82 Å². The van der Waals surface area contributed by atoms with Gasteiger partial charge in [0.05, 0.1) is 17.3 Å². The van der Waals surface area contributed by atoms with Crippen LogP contribution < -0.4 is 5.32 Å². The van der Waals surface area contributed by atoms with E-state index in [2.05, 4.69) is 21.2 Å². The van der Waals surface area contributed by atoms with Crippen molar-refractivity contribution in [3.05, 3.63) is 63.4 Å². The van der Waals surface area contributed by atoms with Crippen molar-refractivity contribution in [3.8, 4) is 6.07 Å². The molecule has 4 heteroatoms. The standard InChI is InChI=1S/C15H12BrFN2/c1-10-2-3-12(6-13(10)16)9-19-15-5-4-11(8-18)7-14(15)17/h2-7,19H,9H2,1H3. The van der Waals surface area contributed by atoms with Crippen molar-refractivity contribution < 1.29 is 4.39 Å². The van der Waals surface area contributed by atoms with Gasteiger partial charge in [-0.1, -0.05) is 28.1 Å². The molecule has 0 spiro atoms. The molecule has 2 nitrogen and oxygen atoms in total. The van der Waals surface area contributed by atoms with Crippen LogP contribution in [0.3, 0.4) is 0 Å². The van der Waals surface area contributed by atoms with Crippen molar-refractivity contribution in [1.29, 1.82) is 5.26 Å². The molecule has 0 atom stereocenters. The quantitative estimate of drug-likeness (QED) is 0.911. The summed E-state index contributed by atoms with van der Waals surface area (Å²) in [6.45, 7) is 2.54. The Bertz CT molecular complexity index is 647. The Morgan fingerprint density at radius 1 is 1.26 bits per heavy atom. The highest BCUT2D eigenvalue weighted by atomic mass is 79.9. The van der Waals surface area contributed by atoms with Gasteiger partial charge in [-0.05, 0) is 42.3 Å². The molecule has 0 saturated carbocycles. The number of aryl methyl sites for hydroxylation is 1. The summed E-state index contributed by atoms with van der Waals surface area (Å²) in [6.07, 6.45) is 0. The number of benzene rings is 2. The van der Waals surface area contributed by atoms with Crippen molar-refractivity contribution in [1.82, 2.24) is 0 Å². The van der Waals surface area contributed by atoms with E-state index in [-0.39, 0.29) is 0 Å². The third-order valence-corrected chi connectivity index (χ3v) is 3.67. The molecule has 0 unspecified atom stereocenters. The summed E-state index contributed by atoms with van der Waals surface area (Å²) in [5, 5.41) is 11.7. The normalized spacial score (nSPS) is 10.0. The predicted octanol–water partition coefficient (Wildman–Crippen LogP) is 4.38. The first-order valence-corrected chi connectivity index (χ1v) is 6.58. The van der Waals surface area contributed by atoms with Crippen molar-refractivity contribution in [2.75, 3.05) is 5.32 Å². The molecule has 0 radical (unpaired) electrons. The molecule has 0 amide bonds. The number of anilines is 1. The summed E-state index contributed by atoms with van der Waals surface area (Å²) >= 11 is 3.47. The van der Waals surface area contributed by atoms with E-state index in [1.165, 1.54) is 6.07 Å². The molecule has 0 saturated heterocycles. The smallest absolute Gasteiger partial charge is 0.147 e. The lowest BCUT2D eigenvalue weighted by molar-refractivity contribution is 0.629. The van der Waals surface area contributed by atoms with Crippen molar-refractivity contribution in [2.45, 2.75) is 13.5 Å². The van der Waals surface area contributed by atoms with Gasteiger partial charge in [0.25, 0.3) is 0 Å². The molecule has 0 aliphatic heterocycles. The Hall–Kier alpha value is -1.86. The summed E-state index contributed by atoms with van der Waals surface area (Å²) in [7, 11) is 0. The zero-order valence-corrected chi connectivity index (χ0v) is 12.0. The number of nitrogens with one attached hydrogen (secondary N) is 1. The van der Waals surface area contributed by atoms with E-state index in [4.69, 9.17) is 5.26 Å². The van der Waals surface area contributed by atoms with E-state index in [0.29, 0.717) is 17.8 Å². The van der Waals surface area contributed by atoms with Gasteiger partial charge in [-0.15, -0.1) is 0 Å². The molecular formula is C15H12BrFN2. The Labute approximate surface area is 120 Å². The largest absolute Gasteiger partial charge is 0.379 e. The molecule has 0 aromatic heterocycles. The first kappa shape index (κ1) is 13.6. The number of halogens is 2. The minimum absolute atomic E-state index is 0.320. The van der Waals surface area contributed by atoms with Crippen LogP contribution in [0.4, 0.5) is 10.1 Å². The molecular weight excluding hydrogens is 307 g/mol. The van der Waals surface area contributed by atoms with Gasteiger partial charge >= 0.3 is 0 Å². The molecule has 0 bridgehead atoms. The first-order chi connectivity index (χ1) is 9.10. The number of nitrogens with zero attached hydrogens (tertiary/aromatic N) is 1. The Balaban J connectivity index is 2.10. The number of rotatable bonds is 3. The fourth-order valence-corrected chi connectivity index (χ4v) is 2.10. The highest BCUT2D eigenvalue weighted by Crippen LogP contribution is 2.20. The van der Waals surface area contributed by atoms with E-state index in [9.17, 15) is 4.39 Å². The molecule has 2 rings (SSSR count). The SMILES string of the molecule is Cc1ccc(CNc2ccc(C#N)cc2F)cc1Br. The van der Waals surface area contributed by atoms with Crippen LogP contribution in [-0.4, -0.2) is 0 Å². The van der Waals surface area contributed by atoms with Gasteiger partial charge in [-0.2, -0.15) is 5.26 Å². The van der Waals surface area contributed by atoms with Crippen LogP contribution >= 0.6 is 15.9 Å². The van der Waals surface area contributed by atoms with Crippen LogP contribution in [-0.2, 0) is 6.54 Å². The average molecular weight is 319 g/mol. The van der Waals surface area contributed by atoms with Gasteiger partial charge in [0.2, 0.25) is 0 Å². The lowest BCUT2D eigenvalue weighted by Gasteiger charge is -2.09. The van der Waals surface area contributed by atoms with Gasteiger partial charge in [0.15, 0.2) is 0 Å². The monoisotopic (exact) mass is 318 g/mol. The van der Waals surface area contributed by atoms with Crippen LogP contribution in [0.1, 0.15) is 16.7 Å². The molecule has 2 aromatic rings. The molecule has 0 fully saturated rings. The second-order valence-corrected chi connectivity index (χ2v) is 5.10. The third-order valence-electron chi connectivity index (χ3n) is 2.82. The summed E-state index contributed by atoms with van der Waals surface area (Å²) in [5.41, 5.74) is 2.94. The fraction of sp³-hybridized carbons (Fsp3) is 0.133. The minimum atomic E-state index is -0.412. The minimum Gasteiger partial charge on any atom is -0.379 e. The Morgan fingerprint density at radius 3 is 2.68 bits per heavy atom. The van der Waals surface area contributed by atoms with Crippen LogP contribution in [0.15, 0.2) is 40.9 Å². The van der Waals surface area contributed by atoms with Crippen molar-refractivity contribution in [3.63, 3.8) is 0 Å². The third kappa shape index (κ3) is 3.33. The van der Waals surface area contributed by atoms with Crippen LogP contribution in [0, 0.1) is 24.1 Å². The van der Waals surface area contributed by atoms with Gasteiger partial charge in [0, 0.05) is 11.0 Å². The maximum atomic E-state index is 13.7. The zero-order valence-electron chi connectivity index (χ0n) is 10.4. The highest BCUT2D eigenvalue weighted by molar-refractivity contribution is 9.10. The van der Waals surface area contributed by atoms with Crippen molar-refractivity contribution in [2.24, 2.45) is 0 Å². The van der Waals surface area contributed by atoms with Crippen molar-refractivity contribution >= 4 is 21.6 Å². The van der Waals surface area contributed by atoms with E-state index < -0.39 is 5.82 Å². The Kier molecular flexibility index (Phi) is 4.18. The summed E-state index contributed by atoms with van der Waals surface area (Å²) in [5.74, 6) is -0.412. The molecule has 19 heavy (non-hydrogen) atoms.